The molecule has 0 radical (unpaired) electrons. The second kappa shape index (κ2) is 7.36. The van der Waals surface area contributed by atoms with Gasteiger partial charge in [-0.1, -0.05) is 60.5 Å². The molecule has 1 fully saturated rings. The van der Waals surface area contributed by atoms with Gasteiger partial charge in [0.05, 0.1) is 27.3 Å². The molecule has 154 valence electrons. The van der Waals surface area contributed by atoms with Crippen LogP contribution in [-0.4, -0.2) is 17.7 Å². The third-order valence-corrected chi connectivity index (χ3v) is 6.51. The van der Waals surface area contributed by atoms with Crippen LogP contribution < -0.4 is 10.2 Å². The summed E-state index contributed by atoms with van der Waals surface area (Å²) in [6.45, 7) is 0. The average Bonchev–Trinajstić information content (AvgIpc) is 2.99. The Morgan fingerprint density at radius 1 is 0.871 bits per heavy atom. The molecule has 3 amide bonds. The van der Waals surface area contributed by atoms with Crippen LogP contribution in [0.15, 0.2) is 72.8 Å². The number of hydrogen-bond donors (Lipinski definition) is 1. The zero-order valence-electron chi connectivity index (χ0n) is 16.6. The number of benzene rings is 3. The molecule has 5 rings (SSSR count). The first kappa shape index (κ1) is 19.5. The molecule has 3 aromatic carbocycles. The van der Waals surface area contributed by atoms with Gasteiger partial charge >= 0.3 is 0 Å². The number of halogens is 1. The summed E-state index contributed by atoms with van der Waals surface area (Å²) in [5, 5.41) is 3.19. The van der Waals surface area contributed by atoms with Gasteiger partial charge in [0.2, 0.25) is 5.91 Å². The largest absolute Gasteiger partial charge is 0.325 e. The SMILES string of the molecule is O=C1c2ccccc2C(=O)N1c1ccc(NC(=O)C2(c3ccccc3)CCC2)cc1Cl. The zero-order chi connectivity index (χ0) is 21.6. The molecule has 0 atom stereocenters. The molecular formula is C25H19ClN2O3. The molecule has 1 aliphatic heterocycles. The molecular weight excluding hydrogens is 412 g/mol. The lowest BCUT2D eigenvalue weighted by molar-refractivity contribution is -0.124. The number of carbonyl (C=O) groups is 3. The standard InChI is InChI=1S/C25H19ClN2O3/c26-20-15-17(27-24(31)25(13-6-14-25)16-7-2-1-3-8-16)11-12-21(20)28-22(29)18-9-4-5-10-19(18)23(28)30/h1-5,7-12,15H,6,13-14H2,(H,27,31). The summed E-state index contributed by atoms with van der Waals surface area (Å²) in [6, 6.07) is 21.3. The maximum absolute atomic E-state index is 13.1. The van der Waals surface area contributed by atoms with Crippen molar-refractivity contribution in [2.45, 2.75) is 24.7 Å². The Hall–Kier alpha value is -3.44. The van der Waals surface area contributed by atoms with Gasteiger partial charge in [-0.2, -0.15) is 0 Å². The van der Waals surface area contributed by atoms with Gasteiger partial charge in [-0.15, -0.1) is 0 Å². The molecule has 0 unspecified atom stereocenters. The molecule has 0 aromatic heterocycles. The molecule has 31 heavy (non-hydrogen) atoms. The maximum Gasteiger partial charge on any atom is 0.266 e. The number of rotatable bonds is 4. The Morgan fingerprint density at radius 3 is 2.03 bits per heavy atom. The highest BCUT2D eigenvalue weighted by molar-refractivity contribution is 6.40. The van der Waals surface area contributed by atoms with Crippen molar-refractivity contribution in [2.75, 3.05) is 10.2 Å². The van der Waals surface area contributed by atoms with Crippen LogP contribution in [0.2, 0.25) is 5.02 Å². The van der Waals surface area contributed by atoms with Gasteiger partial charge < -0.3 is 5.32 Å². The number of nitrogens with one attached hydrogen (secondary N) is 1. The zero-order valence-corrected chi connectivity index (χ0v) is 17.4. The van der Waals surface area contributed by atoms with Crippen molar-refractivity contribution >= 4 is 40.7 Å². The van der Waals surface area contributed by atoms with Crippen LogP contribution in [0.3, 0.4) is 0 Å². The van der Waals surface area contributed by atoms with Gasteiger partial charge in [0, 0.05) is 5.69 Å². The van der Waals surface area contributed by atoms with Gasteiger partial charge in [-0.25, -0.2) is 4.90 Å². The monoisotopic (exact) mass is 430 g/mol. The third kappa shape index (κ3) is 3.04. The van der Waals surface area contributed by atoms with Crippen LogP contribution in [0.5, 0.6) is 0 Å². The van der Waals surface area contributed by atoms with Crippen LogP contribution in [0.4, 0.5) is 11.4 Å². The van der Waals surface area contributed by atoms with E-state index < -0.39 is 17.2 Å². The molecule has 2 aliphatic rings. The van der Waals surface area contributed by atoms with Crippen LogP contribution in [0, 0.1) is 0 Å². The minimum Gasteiger partial charge on any atom is -0.325 e. The van der Waals surface area contributed by atoms with Crippen LogP contribution in [0.25, 0.3) is 0 Å². The van der Waals surface area contributed by atoms with Crippen LogP contribution in [-0.2, 0) is 10.2 Å². The summed E-state index contributed by atoms with van der Waals surface area (Å²) in [5.41, 5.74) is 2.01. The predicted octanol–water partition coefficient (Wildman–Crippen LogP) is 5.20. The topological polar surface area (TPSA) is 66.5 Å². The van der Waals surface area contributed by atoms with Gasteiger partial charge in [0.25, 0.3) is 11.8 Å². The van der Waals surface area contributed by atoms with Crippen molar-refractivity contribution in [3.05, 3.63) is 94.5 Å². The fourth-order valence-corrected chi connectivity index (χ4v) is 4.62. The summed E-state index contributed by atoms with van der Waals surface area (Å²) in [6.07, 6.45) is 2.59. The number of imide groups is 1. The third-order valence-electron chi connectivity index (χ3n) is 6.21. The minimum absolute atomic E-state index is 0.0745. The maximum atomic E-state index is 13.1. The highest BCUT2D eigenvalue weighted by atomic mass is 35.5. The van der Waals surface area contributed by atoms with E-state index in [2.05, 4.69) is 5.32 Å². The number of fused-ring (bicyclic) bond motifs is 1. The molecule has 1 saturated carbocycles. The van der Waals surface area contributed by atoms with E-state index in [0.717, 1.165) is 29.7 Å². The normalized spacial score (nSPS) is 16.6. The van der Waals surface area contributed by atoms with E-state index in [1.54, 1.807) is 42.5 Å². The van der Waals surface area contributed by atoms with Crippen LogP contribution >= 0.6 is 11.6 Å². The Kier molecular flexibility index (Phi) is 4.63. The lowest BCUT2D eigenvalue weighted by Gasteiger charge is -2.40. The number of hydrogen-bond acceptors (Lipinski definition) is 3. The molecule has 3 aromatic rings. The average molecular weight is 431 g/mol. The Balaban J connectivity index is 1.40. The van der Waals surface area contributed by atoms with E-state index in [-0.39, 0.29) is 10.9 Å². The highest BCUT2D eigenvalue weighted by Gasteiger charge is 2.45. The fraction of sp³-hybridized carbons (Fsp3) is 0.160. The number of amides is 3. The Morgan fingerprint density at radius 2 is 1.48 bits per heavy atom. The first-order chi connectivity index (χ1) is 15.0. The van der Waals surface area contributed by atoms with Crippen molar-refractivity contribution in [1.29, 1.82) is 0 Å². The quantitative estimate of drug-likeness (QED) is 0.578. The van der Waals surface area contributed by atoms with Crippen molar-refractivity contribution < 1.29 is 14.4 Å². The van der Waals surface area contributed by atoms with E-state index in [9.17, 15) is 14.4 Å². The summed E-state index contributed by atoms with van der Waals surface area (Å²) < 4.78 is 0. The lowest BCUT2D eigenvalue weighted by atomic mass is 9.64. The van der Waals surface area contributed by atoms with E-state index in [0.29, 0.717) is 22.5 Å². The molecule has 1 aliphatic carbocycles. The highest BCUT2D eigenvalue weighted by Crippen LogP contribution is 2.45. The number of carbonyl (C=O) groups excluding carboxylic acids is 3. The molecule has 6 heteroatoms. The first-order valence-electron chi connectivity index (χ1n) is 10.2. The smallest absolute Gasteiger partial charge is 0.266 e. The molecule has 0 spiro atoms. The minimum atomic E-state index is -0.533. The van der Waals surface area contributed by atoms with Crippen molar-refractivity contribution in [3.8, 4) is 0 Å². The second-order valence-corrected chi connectivity index (χ2v) is 8.32. The van der Waals surface area contributed by atoms with E-state index in [1.165, 1.54) is 0 Å². The van der Waals surface area contributed by atoms with Gasteiger partial charge in [0.1, 0.15) is 0 Å². The predicted molar refractivity (Wildman–Crippen MR) is 120 cm³/mol. The van der Waals surface area contributed by atoms with E-state index in [1.807, 2.05) is 30.3 Å². The van der Waals surface area contributed by atoms with E-state index in [4.69, 9.17) is 11.6 Å². The Bertz CT molecular complexity index is 1180. The summed E-state index contributed by atoms with van der Waals surface area (Å²) in [4.78, 5) is 39.7. The molecule has 0 saturated heterocycles. The van der Waals surface area contributed by atoms with Crippen molar-refractivity contribution in [1.82, 2.24) is 0 Å². The van der Waals surface area contributed by atoms with E-state index >= 15 is 0 Å². The summed E-state index contributed by atoms with van der Waals surface area (Å²) >= 11 is 6.45. The molecule has 1 heterocycles. The molecule has 1 N–H and O–H groups in total. The first-order valence-corrected chi connectivity index (χ1v) is 10.5. The van der Waals surface area contributed by atoms with Crippen LogP contribution in [0.1, 0.15) is 45.5 Å². The Labute approximate surface area is 184 Å². The summed E-state index contributed by atoms with van der Waals surface area (Å²) in [5.74, 6) is -0.886. The molecule has 0 bridgehead atoms. The van der Waals surface area contributed by atoms with Gasteiger partial charge in [-0.3, -0.25) is 14.4 Å². The fourth-order valence-electron chi connectivity index (χ4n) is 4.36. The van der Waals surface area contributed by atoms with Gasteiger partial charge in [0.15, 0.2) is 0 Å². The lowest BCUT2D eigenvalue weighted by Crippen LogP contribution is -2.46. The molecule has 5 nitrogen and oxygen atoms in total. The number of nitrogens with zero attached hydrogens (tertiary/aromatic N) is 1. The van der Waals surface area contributed by atoms with Crippen molar-refractivity contribution in [3.63, 3.8) is 0 Å². The second-order valence-electron chi connectivity index (χ2n) is 7.91. The number of anilines is 2. The van der Waals surface area contributed by atoms with Crippen molar-refractivity contribution in [2.24, 2.45) is 0 Å². The van der Waals surface area contributed by atoms with Gasteiger partial charge in [-0.05, 0) is 48.7 Å². The summed E-state index contributed by atoms with van der Waals surface area (Å²) in [7, 11) is 0.